The second-order valence-electron chi connectivity index (χ2n) is 7.19. The lowest BCUT2D eigenvalue weighted by Crippen LogP contribution is -2.44. The highest BCUT2D eigenvalue weighted by atomic mass is 35.5. The van der Waals surface area contributed by atoms with Gasteiger partial charge in [0.15, 0.2) is 0 Å². The van der Waals surface area contributed by atoms with Crippen molar-refractivity contribution in [2.24, 2.45) is 11.8 Å². The number of rotatable bonds is 5. The molecular weight excluding hydrogens is 397 g/mol. The Hall–Kier alpha value is -1.29. The Bertz CT molecular complexity index is 757. The average molecular weight is 422 g/mol. The van der Waals surface area contributed by atoms with E-state index in [1.807, 2.05) is 42.5 Å². The topological polar surface area (TPSA) is 20.3 Å². The Kier molecular flexibility index (Phi) is 7.40. The van der Waals surface area contributed by atoms with Gasteiger partial charge in [0, 0.05) is 22.4 Å². The minimum Gasteiger partial charge on any atom is -0.334 e. The number of benzene rings is 1. The molecule has 2 aromatic rings. The highest BCUT2D eigenvalue weighted by molar-refractivity contribution is 7.16. The molecule has 1 aliphatic carbocycles. The summed E-state index contributed by atoms with van der Waals surface area (Å²) in [5.41, 5.74) is 0. The van der Waals surface area contributed by atoms with Gasteiger partial charge in [-0.15, -0.1) is 17.9 Å². The third-order valence-electron chi connectivity index (χ3n) is 5.06. The van der Waals surface area contributed by atoms with E-state index in [1.165, 1.54) is 17.7 Å². The fraction of sp³-hybridized carbons (Fsp3) is 0.409. The summed E-state index contributed by atoms with van der Waals surface area (Å²) in [7, 11) is 0. The molecule has 1 saturated carbocycles. The second kappa shape index (κ2) is 9.77. The van der Waals surface area contributed by atoms with Crippen LogP contribution in [0.15, 0.2) is 55.1 Å². The number of piperidine rings is 1. The lowest BCUT2D eigenvalue weighted by molar-refractivity contribution is -0.142. The summed E-state index contributed by atoms with van der Waals surface area (Å²) in [6.45, 7) is 4.71. The standard InChI is InChI=1S/C16H20ClNOS.C6H5Cl/c1-2-3-12-6-7-13(14-8-9-15(17)20-14)18(16(12)19)10-11-4-5-11;7-6-4-2-1-3-5-6/h2,8-9,11-13H,1,3-7,10H2;1-5H. The zero-order chi connectivity index (χ0) is 19.2. The fourth-order valence-electron chi connectivity index (χ4n) is 3.46. The van der Waals surface area contributed by atoms with Crippen molar-refractivity contribution in [1.29, 1.82) is 0 Å². The lowest BCUT2D eigenvalue weighted by atomic mass is 9.88. The Labute approximate surface area is 175 Å². The molecule has 2 fully saturated rings. The smallest absolute Gasteiger partial charge is 0.226 e. The van der Waals surface area contributed by atoms with Crippen molar-refractivity contribution in [3.05, 3.63) is 69.4 Å². The molecule has 0 bridgehead atoms. The number of halogens is 2. The molecular formula is C22H25Cl2NOS. The zero-order valence-electron chi connectivity index (χ0n) is 15.3. The third kappa shape index (κ3) is 5.84. The van der Waals surface area contributed by atoms with Gasteiger partial charge in [-0.2, -0.15) is 0 Å². The highest BCUT2D eigenvalue weighted by Crippen LogP contribution is 2.42. The zero-order valence-corrected chi connectivity index (χ0v) is 17.6. The summed E-state index contributed by atoms with van der Waals surface area (Å²) in [4.78, 5) is 16.1. The minimum absolute atomic E-state index is 0.137. The molecule has 0 N–H and O–H groups in total. The maximum Gasteiger partial charge on any atom is 0.226 e. The van der Waals surface area contributed by atoms with E-state index in [-0.39, 0.29) is 12.0 Å². The van der Waals surface area contributed by atoms with E-state index < -0.39 is 0 Å². The van der Waals surface area contributed by atoms with E-state index >= 15 is 0 Å². The van der Waals surface area contributed by atoms with E-state index in [1.54, 1.807) is 11.3 Å². The van der Waals surface area contributed by atoms with Crippen molar-refractivity contribution < 1.29 is 4.79 Å². The van der Waals surface area contributed by atoms with Gasteiger partial charge in [-0.1, -0.05) is 47.5 Å². The van der Waals surface area contributed by atoms with Crippen molar-refractivity contribution in [3.8, 4) is 0 Å². The normalized spacial score (nSPS) is 22.1. The first-order chi connectivity index (χ1) is 13.1. The van der Waals surface area contributed by atoms with E-state index in [0.717, 1.165) is 41.1 Å². The number of likely N-dealkylation sites (tertiary alicyclic amines) is 1. The third-order valence-corrected chi connectivity index (χ3v) is 6.64. The molecule has 2 unspecified atom stereocenters. The van der Waals surface area contributed by atoms with Gasteiger partial charge in [0.2, 0.25) is 5.91 Å². The van der Waals surface area contributed by atoms with Crippen LogP contribution >= 0.6 is 34.5 Å². The molecule has 144 valence electrons. The Morgan fingerprint density at radius 2 is 1.81 bits per heavy atom. The largest absolute Gasteiger partial charge is 0.334 e. The van der Waals surface area contributed by atoms with Gasteiger partial charge in [0.1, 0.15) is 0 Å². The Balaban J connectivity index is 0.000000253. The quantitative estimate of drug-likeness (QED) is 0.475. The summed E-state index contributed by atoms with van der Waals surface area (Å²) >= 11 is 13.2. The van der Waals surface area contributed by atoms with Crippen LogP contribution in [0.3, 0.4) is 0 Å². The molecule has 1 aromatic heterocycles. The fourth-order valence-corrected chi connectivity index (χ4v) is 4.81. The van der Waals surface area contributed by atoms with Crippen LogP contribution in [0.1, 0.15) is 43.0 Å². The molecule has 2 aliphatic rings. The maximum atomic E-state index is 12.7. The van der Waals surface area contributed by atoms with Crippen molar-refractivity contribution in [2.75, 3.05) is 6.54 Å². The first kappa shape index (κ1) is 20.4. The number of thiophene rings is 1. The number of hydrogen-bond acceptors (Lipinski definition) is 2. The molecule has 2 atom stereocenters. The molecule has 1 aliphatic heterocycles. The molecule has 4 rings (SSSR count). The first-order valence-electron chi connectivity index (χ1n) is 9.45. The number of hydrogen-bond donors (Lipinski definition) is 0. The number of allylic oxidation sites excluding steroid dienone is 1. The van der Waals surface area contributed by atoms with E-state index in [4.69, 9.17) is 23.2 Å². The summed E-state index contributed by atoms with van der Waals surface area (Å²) in [6.07, 6.45) is 7.24. The lowest BCUT2D eigenvalue weighted by Gasteiger charge is -2.39. The molecule has 5 heteroatoms. The van der Waals surface area contributed by atoms with Crippen molar-refractivity contribution in [2.45, 2.75) is 38.1 Å². The van der Waals surface area contributed by atoms with E-state index in [9.17, 15) is 4.79 Å². The van der Waals surface area contributed by atoms with Gasteiger partial charge in [-0.05, 0) is 62.3 Å². The molecule has 0 spiro atoms. The summed E-state index contributed by atoms with van der Waals surface area (Å²) in [5.74, 6) is 1.18. The van der Waals surface area contributed by atoms with Crippen LogP contribution in [0, 0.1) is 11.8 Å². The molecule has 2 nitrogen and oxygen atoms in total. The summed E-state index contributed by atoms with van der Waals surface area (Å²) in [5, 5.41) is 0.794. The van der Waals surface area contributed by atoms with Gasteiger partial charge >= 0.3 is 0 Å². The van der Waals surface area contributed by atoms with Crippen LogP contribution < -0.4 is 0 Å². The number of carbonyl (C=O) groups is 1. The molecule has 1 amide bonds. The first-order valence-corrected chi connectivity index (χ1v) is 11.0. The van der Waals surface area contributed by atoms with Crippen LogP contribution in [0.5, 0.6) is 0 Å². The van der Waals surface area contributed by atoms with Crippen LogP contribution in [0.2, 0.25) is 9.36 Å². The van der Waals surface area contributed by atoms with Crippen LogP contribution in [-0.4, -0.2) is 17.4 Å². The SMILES string of the molecule is C=CCC1CCC(c2ccc(Cl)s2)N(CC2CC2)C1=O.Clc1ccccc1. The average Bonchev–Trinajstić information content (AvgIpc) is 3.38. The van der Waals surface area contributed by atoms with Crippen LogP contribution in [-0.2, 0) is 4.79 Å². The van der Waals surface area contributed by atoms with E-state index in [2.05, 4.69) is 17.5 Å². The van der Waals surface area contributed by atoms with Crippen molar-refractivity contribution >= 4 is 40.4 Å². The molecule has 1 aromatic carbocycles. The van der Waals surface area contributed by atoms with Gasteiger partial charge in [0.05, 0.1) is 10.4 Å². The van der Waals surface area contributed by atoms with Crippen LogP contribution in [0.4, 0.5) is 0 Å². The number of nitrogens with zero attached hydrogens (tertiary/aromatic N) is 1. The minimum atomic E-state index is 0.137. The van der Waals surface area contributed by atoms with Crippen molar-refractivity contribution in [1.82, 2.24) is 4.90 Å². The highest BCUT2D eigenvalue weighted by Gasteiger charge is 2.38. The van der Waals surface area contributed by atoms with Gasteiger partial charge in [-0.25, -0.2) is 0 Å². The number of carbonyl (C=O) groups excluding carboxylic acids is 1. The summed E-state index contributed by atoms with van der Waals surface area (Å²) in [6, 6.07) is 13.7. The number of amides is 1. The summed E-state index contributed by atoms with van der Waals surface area (Å²) < 4.78 is 0.812. The van der Waals surface area contributed by atoms with Crippen LogP contribution in [0.25, 0.3) is 0 Å². The molecule has 2 heterocycles. The Morgan fingerprint density at radius 3 is 2.33 bits per heavy atom. The molecule has 27 heavy (non-hydrogen) atoms. The van der Waals surface area contributed by atoms with E-state index in [0.29, 0.717) is 5.91 Å². The molecule has 1 saturated heterocycles. The monoisotopic (exact) mass is 421 g/mol. The van der Waals surface area contributed by atoms with Gasteiger partial charge in [-0.3, -0.25) is 4.79 Å². The predicted molar refractivity (Wildman–Crippen MR) is 115 cm³/mol. The van der Waals surface area contributed by atoms with Gasteiger partial charge < -0.3 is 4.90 Å². The second-order valence-corrected chi connectivity index (χ2v) is 9.37. The Morgan fingerprint density at radius 1 is 1.07 bits per heavy atom. The maximum absolute atomic E-state index is 12.7. The van der Waals surface area contributed by atoms with Gasteiger partial charge in [0.25, 0.3) is 0 Å². The molecule has 0 radical (unpaired) electrons. The van der Waals surface area contributed by atoms with Crippen molar-refractivity contribution in [3.63, 3.8) is 0 Å². The predicted octanol–water partition coefficient (Wildman–Crippen LogP) is 7.01.